The van der Waals surface area contributed by atoms with E-state index in [4.69, 9.17) is 0 Å². The molecule has 3 unspecified atom stereocenters. The van der Waals surface area contributed by atoms with Crippen LogP contribution in [-0.4, -0.2) is 29.1 Å². The molecule has 1 saturated heterocycles. The molecule has 3 heteroatoms. The molecular formula is C21H27NO2. The van der Waals surface area contributed by atoms with E-state index >= 15 is 0 Å². The molecular weight excluding hydrogens is 298 g/mol. The van der Waals surface area contributed by atoms with Gasteiger partial charge in [0.1, 0.15) is 0 Å². The van der Waals surface area contributed by atoms with Crippen molar-refractivity contribution in [2.75, 3.05) is 13.1 Å². The van der Waals surface area contributed by atoms with Gasteiger partial charge in [0.2, 0.25) is 0 Å². The van der Waals surface area contributed by atoms with Gasteiger partial charge in [-0.3, -0.25) is 9.69 Å². The molecule has 128 valence electrons. The maximum absolute atomic E-state index is 12.0. The first-order valence-corrected chi connectivity index (χ1v) is 9.09. The minimum Gasteiger partial charge on any atom is -0.481 e. The van der Waals surface area contributed by atoms with Crippen molar-refractivity contribution in [1.29, 1.82) is 0 Å². The molecule has 0 spiro atoms. The first-order valence-electron chi connectivity index (χ1n) is 9.09. The molecule has 1 aromatic rings. The summed E-state index contributed by atoms with van der Waals surface area (Å²) in [6.07, 6.45) is 12.7. The number of aliphatic carboxylic acids is 1. The number of carboxylic acids is 1. The molecule has 3 rings (SSSR count). The SMILES string of the molecule is CCC(C(=O)O)C1C=CC=CC1(c1ccccc1)N1CCCCC1. The van der Waals surface area contributed by atoms with E-state index in [0.717, 1.165) is 13.1 Å². The van der Waals surface area contributed by atoms with E-state index in [9.17, 15) is 9.90 Å². The monoisotopic (exact) mass is 325 g/mol. The summed E-state index contributed by atoms with van der Waals surface area (Å²) >= 11 is 0. The third-order valence-corrected chi connectivity index (χ3v) is 5.59. The van der Waals surface area contributed by atoms with Gasteiger partial charge in [-0.1, -0.05) is 68.0 Å². The van der Waals surface area contributed by atoms with Crippen molar-refractivity contribution in [2.45, 2.75) is 38.1 Å². The summed E-state index contributed by atoms with van der Waals surface area (Å²) in [5.41, 5.74) is 0.854. The van der Waals surface area contributed by atoms with Gasteiger partial charge >= 0.3 is 5.97 Å². The second-order valence-electron chi connectivity index (χ2n) is 6.86. The number of allylic oxidation sites excluding steroid dienone is 2. The Hall–Kier alpha value is -1.87. The quantitative estimate of drug-likeness (QED) is 0.881. The van der Waals surface area contributed by atoms with Crippen LogP contribution in [0.1, 0.15) is 38.2 Å². The Morgan fingerprint density at radius 1 is 1.21 bits per heavy atom. The van der Waals surface area contributed by atoms with Crippen LogP contribution in [0.25, 0.3) is 0 Å². The lowest BCUT2D eigenvalue weighted by Gasteiger charge is -2.50. The van der Waals surface area contributed by atoms with E-state index in [-0.39, 0.29) is 17.4 Å². The molecule has 0 aromatic heterocycles. The zero-order valence-corrected chi connectivity index (χ0v) is 14.4. The largest absolute Gasteiger partial charge is 0.481 e. The van der Waals surface area contributed by atoms with Crippen LogP contribution in [0.5, 0.6) is 0 Å². The minimum atomic E-state index is -0.695. The van der Waals surface area contributed by atoms with Crippen LogP contribution >= 0.6 is 0 Å². The number of likely N-dealkylation sites (tertiary alicyclic amines) is 1. The number of benzene rings is 1. The van der Waals surface area contributed by atoms with Gasteiger partial charge in [0, 0.05) is 5.92 Å². The molecule has 1 heterocycles. The minimum absolute atomic E-state index is 0.0505. The molecule has 0 saturated carbocycles. The summed E-state index contributed by atoms with van der Waals surface area (Å²) in [6.45, 7) is 4.04. The van der Waals surface area contributed by atoms with Crippen molar-refractivity contribution in [3.63, 3.8) is 0 Å². The van der Waals surface area contributed by atoms with Crippen LogP contribution in [0.4, 0.5) is 0 Å². The first kappa shape index (κ1) is 17.0. The Morgan fingerprint density at radius 2 is 1.92 bits per heavy atom. The standard InChI is InChI=1S/C21H27NO2/c1-2-18(20(23)24)19-13-7-8-14-21(19,17-11-5-3-6-12-17)22-15-9-4-10-16-22/h3,5-8,11-14,18-19H,2,4,9-10,15-16H2,1H3,(H,23,24). The molecule has 0 bridgehead atoms. The van der Waals surface area contributed by atoms with Gasteiger partial charge < -0.3 is 5.11 Å². The first-order chi connectivity index (χ1) is 11.7. The van der Waals surface area contributed by atoms with E-state index in [1.54, 1.807) is 0 Å². The van der Waals surface area contributed by atoms with Gasteiger partial charge in [-0.2, -0.15) is 0 Å². The van der Waals surface area contributed by atoms with E-state index in [1.807, 2.05) is 19.1 Å². The van der Waals surface area contributed by atoms with Crippen molar-refractivity contribution in [1.82, 2.24) is 4.90 Å². The van der Waals surface area contributed by atoms with Gasteiger partial charge in [-0.15, -0.1) is 0 Å². The summed E-state index contributed by atoms with van der Waals surface area (Å²) in [5.74, 6) is -1.13. The fourth-order valence-corrected chi connectivity index (χ4v) is 4.42. The van der Waals surface area contributed by atoms with Crippen molar-refractivity contribution in [3.8, 4) is 0 Å². The van der Waals surface area contributed by atoms with E-state index in [1.165, 1.54) is 24.8 Å². The molecule has 1 N–H and O–H groups in total. The highest BCUT2D eigenvalue weighted by molar-refractivity contribution is 5.71. The maximum atomic E-state index is 12.0. The van der Waals surface area contributed by atoms with Crippen LogP contribution < -0.4 is 0 Å². The Balaban J connectivity index is 2.12. The highest BCUT2D eigenvalue weighted by Gasteiger charge is 2.48. The predicted octanol–water partition coefficient (Wildman–Crippen LogP) is 4.22. The number of hydrogen-bond donors (Lipinski definition) is 1. The summed E-state index contributed by atoms with van der Waals surface area (Å²) in [7, 11) is 0. The number of nitrogens with zero attached hydrogens (tertiary/aromatic N) is 1. The molecule has 0 radical (unpaired) electrons. The van der Waals surface area contributed by atoms with Crippen LogP contribution in [0.2, 0.25) is 0 Å². The Bertz CT molecular complexity index is 616. The molecule has 3 atom stereocenters. The third kappa shape index (κ3) is 2.93. The van der Waals surface area contributed by atoms with Crippen LogP contribution in [0.3, 0.4) is 0 Å². The Labute approximate surface area is 144 Å². The molecule has 1 aliphatic heterocycles. The van der Waals surface area contributed by atoms with Crippen LogP contribution in [-0.2, 0) is 10.3 Å². The van der Waals surface area contributed by atoms with Crippen molar-refractivity contribution in [2.24, 2.45) is 11.8 Å². The fraction of sp³-hybridized carbons (Fsp3) is 0.476. The molecule has 1 fully saturated rings. The molecule has 2 aliphatic rings. The van der Waals surface area contributed by atoms with E-state index < -0.39 is 5.97 Å². The lowest BCUT2D eigenvalue weighted by atomic mass is 9.67. The summed E-state index contributed by atoms with van der Waals surface area (Å²) in [5, 5.41) is 9.83. The molecule has 3 nitrogen and oxygen atoms in total. The number of hydrogen-bond acceptors (Lipinski definition) is 2. The van der Waals surface area contributed by atoms with Crippen molar-refractivity contribution < 1.29 is 9.90 Å². The van der Waals surface area contributed by atoms with Gasteiger partial charge in [0.15, 0.2) is 0 Å². The van der Waals surface area contributed by atoms with Crippen LogP contribution in [0.15, 0.2) is 54.6 Å². The molecule has 24 heavy (non-hydrogen) atoms. The summed E-state index contributed by atoms with van der Waals surface area (Å²) in [4.78, 5) is 14.5. The highest BCUT2D eigenvalue weighted by atomic mass is 16.4. The zero-order valence-electron chi connectivity index (χ0n) is 14.4. The molecule has 1 aromatic carbocycles. The smallest absolute Gasteiger partial charge is 0.307 e. The van der Waals surface area contributed by atoms with Gasteiger partial charge in [0.05, 0.1) is 11.5 Å². The number of piperidine rings is 1. The number of rotatable bonds is 5. The van der Waals surface area contributed by atoms with E-state index in [0.29, 0.717) is 6.42 Å². The topological polar surface area (TPSA) is 40.5 Å². The summed E-state index contributed by atoms with van der Waals surface area (Å²) in [6, 6.07) is 10.5. The number of carbonyl (C=O) groups is 1. The van der Waals surface area contributed by atoms with Crippen molar-refractivity contribution >= 4 is 5.97 Å². The predicted molar refractivity (Wildman–Crippen MR) is 96.7 cm³/mol. The number of carboxylic acid groups (broad SMARTS) is 1. The maximum Gasteiger partial charge on any atom is 0.307 e. The average Bonchev–Trinajstić information content (AvgIpc) is 2.64. The second-order valence-corrected chi connectivity index (χ2v) is 6.86. The van der Waals surface area contributed by atoms with E-state index in [2.05, 4.69) is 47.4 Å². The molecule has 1 aliphatic carbocycles. The average molecular weight is 325 g/mol. The fourth-order valence-electron chi connectivity index (χ4n) is 4.42. The van der Waals surface area contributed by atoms with Gasteiger partial charge in [-0.05, 0) is 37.9 Å². The Morgan fingerprint density at radius 3 is 2.54 bits per heavy atom. The molecule has 0 amide bonds. The van der Waals surface area contributed by atoms with Crippen molar-refractivity contribution in [3.05, 3.63) is 60.2 Å². The van der Waals surface area contributed by atoms with Crippen LogP contribution in [0, 0.1) is 11.8 Å². The van der Waals surface area contributed by atoms with Gasteiger partial charge in [0.25, 0.3) is 0 Å². The lowest BCUT2D eigenvalue weighted by molar-refractivity contribution is -0.145. The summed E-state index contributed by atoms with van der Waals surface area (Å²) < 4.78 is 0. The van der Waals surface area contributed by atoms with Gasteiger partial charge in [-0.25, -0.2) is 0 Å². The lowest BCUT2D eigenvalue weighted by Crippen LogP contribution is -2.54. The highest BCUT2D eigenvalue weighted by Crippen LogP contribution is 2.46. The Kier molecular flexibility index (Phi) is 5.20. The normalized spacial score (nSPS) is 28.6. The second kappa shape index (κ2) is 7.35. The zero-order chi connectivity index (χ0) is 17.0. The third-order valence-electron chi connectivity index (χ3n) is 5.59.